The van der Waals surface area contributed by atoms with Gasteiger partial charge >= 0.3 is 0 Å². The molecule has 1 aliphatic rings. The third-order valence-corrected chi connectivity index (χ3v) is 4.70. The summed E-state index contributed by atoms with van der Waals surface area (Å²) in [6.07, 6.45) is 5.99. The van der Waals surface area contributed by atoms with Crippen LogP contribution in [0.3, 0.4) is 0 Å². The van der Waals surface area contributed by atoms with Crippen LogP contribution < -0.4 is 0 Å². The first-order valence-corrected chi connectivity index (χ1v) is 6.96. The zero-order chi connectivity index (χ0) is 9.97. The number of carbonyl (C=O) groups excluding carboxylic acids is 1. The SMILES string of the molecule is O=C(c1ccc(I)s1)C1CCCCC1. The average molecular weight is 320 g/mol. The van der Waals surface area contributed by atoms with Crippen LogP contribution >= 0.6 is 33.9 Å². The molecule has 1 nitrogen and oxygen atoms in total. The van der Waals surface area contributed by atoms with Crippen molar-refractivity contribution in [3.63, 3.8) is 0 Å². The summed E-state index contributed by atoms with van der Waals surface area (Å²) in [7, 11) is 0. The van der Waals surface area contributed by atoms with Crippen LogP contribution in [-0.4, -0.2) is 5.78 Å². The van der Waals surface area contributed by atoms with Crippen molar-refractivity contribution in [2.24, 2.45) is 5.92 Å². The Labute approximate surface area is 102 Å². The molecular formula is C11H13IOS. The quantitative estimate of drug-likeness (QED) is 0.592. The van der Waals surface area contributed by atoms with Gasteiger partial charge in [0, 0.05) is 5.92 Å². The molecule has 76 valence electrons. The number of carbonyl (C=O) groups is 1. The van der Waals surface area contributed by atoms with E-state index in [4.69, 9.17) is 0 Å². The second kappa shape index (κ2) is 4.75. The van der Waals surface area contributed by atoms with Crippen molar-refractivity contribution < 1.29 is 4.79 Å². The van der Waals surface area contributed by atoms with Crippen molar-refractivity contribution >= 4 is 39.7 Å². The number of ketones is 1. The lowest BCUT2D eigenvalue weighted by molar-refractivity contribution is 0.0894. The molecule has 0 bridgehead atoms. The molecule has 0 aliphatic heterocycles. The van der Waals surface area contributed by atoms with Gasteiger partial charge in [-0.3, -0.25) is 4.79 Å². The smallest absolute Gasteiger partial charge is 0.175 e. The topological polar surface area (TPSA) is 17.1 Å². The lowest BCUT2D eigenvalue weighted by Gasteiger charge is -2.19. The highest BCUT2D eigenvalue weighted by molar-refractivity contribution is 14.1. The van der Waals surface area contributed by atoms with Gasteiger partial charge in [-0.1, -0.05) is 19.3 Å². The molecule has 0 saturated heterocycles. The maximum Gasteiger partial charge on any atom is 0.175 e. The number of hydrogen-bond acceptors (Lipinski definition) is 2. The van der Waals surface area contributed by atoms with E-state index in [1.807, 2.05) is 12.1 Å². The molecular weight excluding hydrogens is 307 g/mol. The fraction of sp³-hybridized carbons (Fsp3) is 0.545. The van der Waals surface area contributed by atoms with Crippen molar-refractivity contribution in [3.8, 4) is 0 Å². The van der Waals surface area contributed by atoms with Gasteiger partial charge in [0.1, 0.15) is 0 Å². The van der Waals surface area contributed by atoms with Gasteiger partial charge in [0.05, 0.1) is 7.76 Å². The van der Waals surface area contributed by atoms with Crippen LogP contribution in [0.5, 0.6) is 0 Å². The third-order valence-electron chi connectivity index (χ3n) is 2.79. The predicted molar refractivity (Wildman–Crippen MR) is 67.9 cm³/mol. The van der Waals surface area contributed by atoms with Gasteiger partial charge in [-0.2, -0.15) is 0 Å². The number of rotatable bonds is 2. The van der Waals surface area contributed by atoms with E-state index in [2.05, 4.69) is 22.6 Å². The molecule has 1 aromatic heterocycles. The van der Waals surface area contributed by atoms with Crippen molar-refractivity contribution in [1.29, 1.82) is 0 Å². The Morgan fingerprint density at radius 3 is 2.57 bits per heavy atom. The van der Waals surface area contributed by atoms with Gasteiger partial charge in [-0.05, 0) is 47.6 Å². The Morgan fingerprint density at radius 2 is 2.00 bits per heavy atom. The number of Topliss-reactive ketones (excluding diaryl/α,β-unsaturated/α-hetero) is 1. The van der Waals surface area contributed by atoms with Crippen molar-refractivity contribution in [2.75, 3.05) is 0 Å². The Bertz CT molecular complexity index is 326. The highest BCUT2D eigenvalue weighted by Gasteiger charge is 2.23. The van der Waals surface area contributed by atoms with Gasteiger partial charge in [0.25, 0.3) is 0 Å². The van der Waals surface area contributed by atoms with E-state index in [9.17, 15) is 4.79 Å². The first kappa shape index (κ1) is 10.6. The number of halogens is 1. The number of hydrogen-bond donors (Lipinski definition) is 0. The van der Waals surface area contributed by atoms with Gasteiger partial charge in [-0.25, -0.2) is 0 Å². The molecule has 0 unspecified atom stereocenters. The molecule has 3 heteroatoms. The van der Waals surface area contributed by atoms with Crippen LogP contribution in [0.4, 0.5) is 0 Å². The van der Waals surface area contributed by atoms with E-state index >= 15 is 0 Å². The van der Waals surface area contributed by atoms with E-state index in [1.54, 1.807) is 11.3 Å². The second-order valence-corrected chi connectivity index (χ2v) is 6.78. The van der Waals surface area contributed by atoms with E-state index < -0.39 is 0 Å². The monoisotopic (exact) mass is 320 g/mol. The maximum absolute atomic E-state index is 12.0. The minimum atomic E-state index is 0.318. The molecule has 1 aliphatic carbocycles. The van der Waals surface area contributed by atoms with E-state index in [0.717, 1.165) is 17.7 Å². The van der Waals surface area contributed by atoms with Crippen LogP contribution in [0.1, 0.15) is 41.8 Å². The van der Waals surface area contributed by atoms with Crippen LogP contribution in [0, 0.1) is 8.80 Å². The molecule has 0 atom stereocenters. The summed E-state index contributed by atoms with van der Waals surface area (Å²) in [6.45, 7) is 0. The first-order chi connectivity index (χ1) is 6.77. The van der Waals surface area contributed by atoms with E-state index in [-0.39, 0.29) is 0 Å². The zero-order valence-corrected chi connectivity index (χ0v) is 10.9. The highest BCUT2D eigenvalue weighted by atomic mass is 127. The average Bonchev–Trinajstić information content (AvgIpc) is 2.65. The van der Waals surface area contributed by atoms with Gasteiger partial charge in [0.15, 0.2) is 5.78 Å². The molecule has 1 aromatic rings. The molecule has 14 heavy (non-hydrogen) atoms. The Hall–Kier alpha value is 0.1000. The van der Waals surface area contributed by atoms with Crippen LogP contribution in [0.25, 0.3) is 0 Å². The van der Waals surface area contributed by atoms with Crippen LogP contribution in [0.2, 0.25) is 0 Å². The summed E-state index contributed by atoms with van der Waals surface area (Å²) >= 11 is 3.90. The number of thiophene rings is 1. The molecule has 0 N–H and O–H groups in total. The fourth-order valence-corrected chi connectivity index (χ4v) is 3.65. The Kier molecular flexibility index (Phi) is 3.60. The van der Waals surface area contributed by atoms with Gasteiger partial charge < -0.3 is 0 Å². The normalized spacial score (nSPS) is 18.4. The molecule has 0 aromatic carbocycles. The van der Waals surface area contributed by atoms with Crippen LogP contribution in [-0.2, 0) is 0 Å². The van der Waals surface area contributed by atoms with Crippen LogP contribution in [0.15, 0.2) is 12.1 Å². The molecule has 0 radical (unpaired) electrons. The highest BCUT2D eigenvalue weighted by Crippen LogP contribution is 2.29. The maximum atomic E-state index is 12.0. The third kappa shape index (κ3) is 2.37. The largest absolute Gasteiger partial charge is 0.293 e. The molecule has 1 fully saturated rings. The molecule has 0 amide bonds. The minimum absolute atomic E-state index is 0.318. The molecule has 0 spiro atoms. The zero-order valence-electron chi connectivity index (χ0n) is 7.96. The summed E-state index contributed by atoms with van der Waals surface area (Å²) in [5, 5.41) is 0. The van der Waals surface area contributed by atoms with E-state index in [0.29, 0.717) is 11.7 Å². The molecule has 1 saturated carbocycles. The first-order valence-electron chi connectivity index (χ1n) is 5.07. The van der Waals surface area contributed by atoms with Gasteiger partial charge in [0.2, 0.25) is 0 Å². The lowest BCUT2D eigenvalue weighted by Crippen LogP contribution is -2.16. The second-order valence-electron chi connectivity index (χ2n) is 3.80. The summed E-state index contributed by atoms with van der Waals surface area (Å²) in [5.41, 5.74) is 0. The summed E-state index contributed by atoms with van der Waals surface area (Å²) < 4.78 is 1.21. The lowest BCUT2D eigenvalue weighted by atomic mass is 9.86. The molecule has 2 rings (SSSR count). The molecule has 1 heterocycles. The summed E-state index contributed by atoms with van der Waals surface area (Å²) in [5.74, 6) is 0.704. The summed E-state index contributed by atoms with van der Waals surface area (Å²) in [4.78, 5) is 13.0. The minimum Gasteiger partial charge on any atom is -0.293 e. The Morgan fingerprint density at radius 1 is 1.29 bits per heavy atom. The standard InChI is InChI=1S/C11H13IOS/c12-10-7-6-9(14-10)11(13)8-4-2-1-3-5-8/h6-8H,1-5H2. The summed E-state index contributed by atoms with van der Waals surface area (Å²) in [6, 6.07) is 4.00. The Balaban J connectivity index is 2.07. The van der Waals surface area contributed by atoms with Crippen molar-refractivity contribution in [2.45, 2.75) is 32.1 Å². The van der Waals surface area contributed by atoms with Crippen molar-refractivity contribution in [3.05, 3.63) is 19.9 Å². The van der Waals surface area contributed by atoms with Gasteiger partial charge in [-0.15, -0.1) is 11.3 Å². The fourth-order valence-electron chi connectivity index (χ4n) is 2.01. The van der Waals surface area contributed by atoms with Crippen molar-refractivity contribution in [1.82, 2.24) is 0 Å². The predicted octanol–water partition coefficient (Wildman–Crippen LogP) is 4.12. The van der Waals surface area contributed by atoms with E-state index in [1.165, 1.54) is 22.1 Å².